The normalized spacial score (nSPS) is 21.8. The zero-order chi connectivity index (χ0) is 17.6. The van der Waals surface area contributed by atoms with E-state index < -0.39 is 10.8 Å². The SMILES string of the molecule is CCS(=O)C1CCCC(NC(=NC)NCc2csc3ccccc23)C1.I. The van der Waals surface area contributed by atoms with Crippen LogP contribution in [0.5, 0.6) is 0 Å². The van der Waals surface area contributed by atoms with Gasteiger partial charge in [0.25, 0.3) is 0 Å². The van der Waals surface area contributed by atoms with E-state index in [1.807, 2.05) is 14.0 Å². The smallest absolute Gasteiger partial charge is 0.191 e. The van der Waals surface area contributed by atoms with Gasteiger partial charge < -0.3 is 10.6 Å². The molecule has 2 N–H and O–H groups in total. The number of hydrogen-bond acceptors (Lipinski definition) is 3. The summed E-state index contributed by atoms with van der Waals surface area (Å²) in [5.41, 5.74) is 1.30. The van der Waals surface area contributed by atoms with Crippen molar-refractivity contribution in [2.75, 3.05) is 12.8 Å². The fourth-order valence-corrected chi connectivity index (χ4v) is 5.80. The van der Waals surface area contributed by atoms with Crippen molar-refractivity contribution in [3.8, 4) is 0 Å². The van der Waals surface area contributed by atoms with E-state index in [9.17, 15) is 4.21 Å². The Morgan fingerprint density at radius 2 is 2.15 bits per heavy atom. The lowest BCUT2D eigenvalue weighted by Gasteiger charge is -2.30. The van der Waals surface area contributed by atoms with Crippen LogP contribution in [0.4, 0.5) is 0 Å². The summed E-state index contributed by atoms with van der Waals surface area (Å²) in [6.07, 6.45) is 4.33. The molecule has 1 saturated carbocycles. The number of guanidine groups is 1. The minimum Gasteiger partial charge on any atom is -0.354 e. The first-order valence-electron chi connectivity index (χ1n) is 9.00. The van der Waals surface area contributed by atoms with Gasteiger partial charge in [-0.1, -0.05) is 31.5 Å². The molecule has 0 spiro atoms. The van der Waals surface area contributed by atoms with Crippen LogP contribution in [0.15, 0.2) is 34.6 Å². The summed E-state index contributed by atoms with van der Waals surface area (Å²) in [6.45, 7) is 2.78. The Labute approximate surface area is 179 Å². The van der Waals surface area contributed by atoms with Crippen molar-refractivity contribution in [1.82, 2.24) is 10.6 Å². The van der Waals surface area contributed by atoms with Crippen LogP contribution in [0.2, 0.25) is 0 Å². The molecule has 3 rings (SSSR count). The fraction of sp³-hybridized carbons (Fsp3) is 0.526. The van der Waals surface area contributed by atoms with Gasteiger partial charge in [0.05, 0.1) is 0 Å². The molecule has 1 aromatic heterocycles. The Morgan fingerprint density at radius 3 is 2.92 bits per heavy atom. The van der Waals surface area contributed by atoms with E-state index in [0.29, 0.717) is 11.3 Å². The Bertz CT molecular complexity index is 762. The van der Waals surface area contributed by atoms with Crippen LogP contribution in [-0.4, -0.2) is 34.3 Å². The molecular formula is C19H28IN3OS2. The summed E-state index contributed by atoms with van der Waals surface area (Å²) >= 11 is 1.78. The van der Waals surface area contributed by atoms with Gasteiger partial charge in [0.15, 0.2) is 5.96 Å². The lowest BCUT2D eigenvalue weighted by molar-refractivity contribution is 0.413. The number of nitrogens with one attached hydrogen (secondary N) is 2. The standard InChI is InChI=1S/C19H27N3OS2.HI/c1-3-25(23)16-8-6-7-15(11-16)22-19(20-2)21-12-14-13-24-18-10-5-4-9-17(14)18;/h4-5,9-10,13,15-16H,3,6-8,11-12H2,1-2H3,(H2,20,21,22);1H. The van der Waals surface area contributed by atoms with Gasteiger partial charge in [0.2, 0.25) is 0 Å². The van der Waals surface area contributed by atoms with Gasteiger partial charge in [-0.15, -0.1) is 35.3 Å². The predicted molar refractivity (Wildman–Crippen MR) is 125 cm³/mol. The maximum Gasteiger partial charge on any atom is 0.191 e. The van der Waals surface area contributed by atoms with Gasteiger partial charge in [-0.05, 0) is 41.7 Å². The van der Waals surface area contributed by atoms with Gasteiger partial charge in [-0.2, -0.15) is 0 Å². The summed E-state index contributed by atoms with van der Waals surface area (Å²) in [5.74, 6) is 1.60. The van der Waals surface area contributed by atoms with E-state index >= 15 is 0 Å². The second-order valence-corrected chi connectivity index (χ2v) is 9.40. The maximum atomic E-state index is 12.1. The summed E-state index contributed by atoms with van der Waals surface area (Å²) in [6, 6.07) is 8.86. The van der Waals surface area contributed by atoms with Crippen LogP contribution < -0.4 is 10.6 Å². The molecule has 0 amide bonds. The van der Waals surface area contributed by atoms with Crippen LogP contribution in [-0.2, 0) is 17.3 Å². The molecule has 3 unspecified atom stereocenters. The summed E-state index contributed by atoms with van der Waals surface area (Å²) < 4.78 is 13.4. The Morgan fingerprint density at radius 1 is 1.35 bits per heavy atom. The number of rotatable bonds is 5. The molecule has 0 aliphatic heterocycles. The van der Waals surface area contributed by atoms with Crippen molar-refractivity contribution < 1.29 is 4.21 Å². The van der Waals surface area contributed by atoms with Crippen LogP contribution in [0.25, 0.3) is 10.1 Å². The highest BCUT2D eigenvalue weighted by Gasteiger charge is 2.26. The van der Waals surface area contributed by atoms with E-state index in [0.717, 1.165) is 43.9 Å². The molecule has 1 aliphatic rings. The second-order valence-electron chi connectivity index (χ2n) is 6.48. The monoisotopic (exact) mass is 505 g/mol. The van der Waals surface area contributed by atoms with Crippen molar-refractivity contribution in [2.45, 2.75) is 50.4 Å². The molecule has 4 nitrogen and oxygen atoms in total. The molecule has 1 heterocycles. The first-order valence-corrected chi connectivity index (χ1v) is 11.3. The van der Waals surface area contributed by atoms with Crippen LogP contribution >= 0.6 is 35.3 Å². The molecule has 144 valence electrons. The quantitative estimate of drug-likeness (QED) is 0.363. The summed E-state index contributed by atoms with van der Waals surface area (Å²) in [5, 5.41) is 10.8. The van der Waals surface area contributed by atoms with E-state index in [1.54, 1.807) is 11.3 Å². The molecule has 7 heteroatoms. The van der Waals surface area contributed by atoms with Crippen molar-refractivity contribution in [3.63, 3.8) is 0 Å². The van der Waals surface area contributed by atoms with Crippen molar-refractivity contribution in [1.29, 1.82) is 0 Å². The number of halogens is 1. The first kappa shape index (κ1) is 21.6. The molecule has 1 aromatic carbocycles. The van der Waals surface area contributed by atoms with E-state index in [2.05, 4.69) is 45.3 Å². The molecule has 0 radical (unpaired) electrons. The third-order valence-electron chi connectivity index (χ3n) is 4.85. The number of thiophene rings is 1. The van der Waals surface area contributed by atoms with Gasteiger partial charge >= 0.3 is 0 Å². The highest BCUT2D eigenvalue weighted by atomic mass is 127. The minimum atomic E-state index is -0.694. The predicted octanol–water partition coefficient (Wildman–Crippen LogP) is 4.26. The molecule has 1 aliphatic carbocycles. The third-order valence-corrected chi connectivity index (χ3v) is 7.61. The van der Waals surface area contributed by atoms with Gasteiger partial charge in [-0.3, -0.25) is 9.20 Å². The van der Waals surface area contributed by atoms with Crippen molar-refractivity contribution in [2.24, 2.45) is 4.99 Å². The number of fused-ring (bicyclic) bond motifs is 1. The molecule has 2 aromatic rings. The van der Waals surface area contributed by atoms with Gasteiger partial charge in [-0.25, -0.2) is 0 Å². The highest BCUT2D eigenvalue weighted by Crippen LogP contribution is 2.25. The van der Waals surface area contributed by atoms with Crippen molar-refractivity contribution >= 4 is 62.2 Å². The van der Waals surface area contributed by atoms with Crippen LogP contribution in [0, 0.1) is 0 Å². The molecule has 1 fully saturated rings. The highest BCUT2D eigenvalue weighted by molar-refractivity contribution is 14.0. The van der Waals surface area contributed by atoms with Gasteiger partial charge in [0.1, 0.15) is 0 Å². The van der Waals surface area contributed by atoms with E-state index in [1.165, 1.54) is 15.6 Å². The Hall–Kier alpha value is -0.670. The van der Waals surface area contributed by atoms with Gasteiger partial charge in [0, 0.05) is 46.1 Å². The lowest BCUT2D eigenvalue weighted by atomic mass is 9.95. The summed E-state index contributed by atoms with van der Waals surface area (Å²) in [7, 11) is 1.12. The number of nitrogens with zero attached hydrogens (tertiary/aromatic N) is 1. The second kappa shape index (κ2) is 10.6. The van der Waals surface area contributed by atoms with Crippen LogP contribution in [0.1, 0.15) is 38.2 Å². The zero-order valence-electron chi connectivity index (χ0n) is 15.4. The largest absolute Gasteiger partial charge is 0.354 e. The third kappa shape index (κ3) is 5.42. The molecule has 3 atom stereocenters. The first-order chi connectivity index (χ1) is 12.2. The lowest BCUT2D eigenvalue weighted by Crippen LogP contribution is -2.46. The number of aliphatic imine (C=N–C) groups is 1. The van der Waals surface area contributed by atoms with E-state index in [-0.39, 0.29) is 24.0 Å². The number of benzene rings is 1. The summed E-state index contributed by atoms with van der Waals surface area (Å²) in [4.78, 5) is 4.37. The fourth-order valence-electron chi connectivity index (χ4n) is 3.49. The number of hydrogen-bond donors (Lipinski definition) is 2. The molecular weight excluding hydrogens is 477 g/mol. The minimum absolute atomic E-state index is 0. The maximum absolute atomic E-state index is 12.1. The topological polar surface area (TPSA) is 53.5 Å². The Balaban J connectivity index is 0.00000243. The van der Waals surface area contributed by atoms with Crippen LogP contribution in [0.3, 0.4) is 0 Å². The molecule has 0 bridgehead atoms. The van der Waals surface area contributed by atoms with E-state index in [4.69, 9.17) is 0 Å². The zero-order valence-corrected chi connectivity index (χ0v) is 19.3. The van der Waals surface area contributed by atoms with Crippen molar-refractivity contribution in [3.05, 3.63) is 35.2 Å². The average Bonchev–Trinajstić information content (AvgIpc) is 3.08. The average molecular weight is 505 g/mol. The molecule has 0 saturated heterocycles. The molecule has 26 heavy (non-hydrogen) atoms. The Kier molecular flexibility index (Phi) is 8.83.